The molecule has 0 radical (unpaired) electrons. The Morgan fingerprint density at radius 1 is 1.14 bits per heavy atom. The number of ketones is 1. The van der Waals surface area contributed by atoms with Gasteiger partial charge in [0.25, 0.3) is 5.91 Å². The van der Waals surface area contributed by atoms with Crippen LogP contribution in [0.2, 0.25) is 0 Å². The van der Waals surface area contributed by atoms with Gasteiger partial charge in [0.15, 0.2) is 12.0 Å². The molecule has 2 saturated heterocycles. The summed E-state index contributed by atoms with van der Waals surface area (Å²) in [5.74, 6) is -0.793. The number of imide groups is 1. The average molecular weight is 385 g/mol. The minimum atomic E-state index is -1.33. The number of ether oxygens (including phenoxy) is 1. The Hall–Kier alpha value is -2.94. The van der Waals surface area contributed by atoms with E-state index in [4.69, 9.17) is 4.74 Å². The van der Waals surface area contributed by atoms with Crippen LogP contribution in [-0.2, 0) is 14.4 Å². The molecule has 146 valence electrons. The van der Waals surface area contributed by atoms with Crippen LogP contribution in [0.5, 0.6) is 5.75 Å². The molecule has 0 spiro atoms. The molecule has 4 aliphatic heterocycles. The minimum absolute atomic E-state index is 0.0488. The largest absolute Gasteiger partial charge is 0.489 e. The summed E-state index contributed by atoms with van der Waals surface area (Å²) in [6.45, 7) is 0.869. The number of fused-ring (bicyclic) bond motifs is 5. The molecule has 2 unspecified atom stereocenters. The van der Waals surface area contributed by atoms with Crippen LogP contribution >= 0.6 is 0 Å². The molecule has 0 saturated carbocycles. The maximum absolute atomic E-state index is 12.9. The molecule has 3 amide bonds. The number of anilines is 1. The summed E-state index contributed by atoms with van der Waals surface area (Å²) in [6, 6.07) is 2.45. The topological polar surface area (TPSA) is 116 Å². The van der Waals surface area contributed by atoms with E-state index in [9.17, 15) is 24.3 Å². The number of carbonyl (C=O) groups is 4. The molecule has 2 N–H and O–H groups in total. The van der Waals surface area contributed by atoms with E-state index in [1.165, 1.54) is 0 Å². The molecule has 9 heteroatoms. The number of nitrogens with one attached hydrogen (secondary N) is 1. The molecule has 1 aromatic carbocycles. The zero-order valence-electron chi connectivity index (χ0n) is 15.0. The van der Waals surface area contributed by atoms with Crippen molar-refractivity contribution in [2.45, 2.75) is 44.0 Å². The number of rotatable bonds is 1. The Kier molecular flexibility index (Phi) is 3.70. The summed E-state index contributed by atoms with van der Waals surface area (Å²) in [5.41, 5.74) is 1.39. The fourth-order valence-corrected chi connectivity index (χ4v) is 4.61. The summed E-state index contributed by atoms with van der Waals surface area (Å²) in [7, 11) is 0. The molecule has 4 aliphatic rings. The van der Waals surface area contributed by atoms with Gasteiger partial charge >= 0.3 is 0 Å². The monoisotopic (exact) mass is 385 g/mol. The van der Waals surface area contributed by atoms with Gasteiger partial charge in [-0.3, -0.25) is 29.4 Å². The van der Waals surface area contributed by atoms with Crippen molar-refractivity contribution in [2.24, 2.45) is 0 Å². The molecule has 9 nitrogen and oxygen atoms in total. The number of amides is 3. The quantitative estimate of drug-likeness (QED) is 0.647. The molecule has 0 aliphatic carbocycles. The Morgan fingerprint density at radius 2 is 1.96 bits per heavy atom. The standard InChI is InChI=1S/C19H19N3O6/c23-10-5-6-21-9(7-10)8-28-16-12(21)2-1-11-15(16)19(27)22(18(11)26)13-3-4-14(24)20-17(13)25/h1-2,9,13,19,27H,3-8H2,(H,20,24,25)/t9-,13?,19?/m0/s1. The lowest BCUT2D eigenvalue weighted by Crippen LogP contribution is -2.53. The normalized spacial score (nSPS) is 29.1. The van der Waals surface area contributed by atoms with Gasteiger partial charge in [-0.2, -0.15) is 0 Å². The van der Waals surface area contributed by atoms with Crippen LogP contribution in [0.3, 0.4) is 0 Å². The van der Waals surface area contributed by atoms with E-state index in [2.05, 4.69) is 10.2 Å². The van der Waals surface area contributed by atoms with E-state index >= 15 is 0 Å². The van der Waals surface area contributed by atoms with Crippen molar-refractivity contribution in [2.75, 3.05) is 18.1 Å². The number of hydrogen-bond donors (Lipinski definition) is 2. The smallest absolute Gasteiger partial charge is 0.257 e. The van der Waals surface area contributed by atoms with E-state index < -0.39 is 24.1 Å². The first-order valence-electron chi connectivity index (χ1n) is 9.38. The summed E-state index contributed by atoms with van der Waals surface area (Å²) < 4.78 is 5.89. The van der Waals surface area contributed by atoms with Crippen LogP contribution < -0.4 is 15.0 Å². The lowest BCUT2D eigenvalue weighted by atomic mass is 9.96. The van der Waals surface area contributed by atoms with Gasteiger partial charge < -0.3 is 14.7 Å². The van der Waals surface area contributed by atoms with Gasteiger partial charge in [0.2, 0.25) is 11.8 Å². The SMILES string of the molecule is O=C1CCN2c3ccc4c(c3OC[C@@H]2C1)C(O)N(C1CCC(=O)NC1=O)C4=O. The highest BCUT2D eigenvalue weighted by atomic mass is 16.5. The zero-order valence-corrected chi connectivity index (χ0v) is 15.0. The minimum Gasteiger partial charge on any atom is -0.489 e. The maximum atomic E-state index is 12.9. The number of carbonyl (C=O) groups excluding carboxylic acids is 4. The highest BCUT2D eigenvalue weighted by Gasteiger charge is 2.47. The van der Waals surface area contributed by atoms with Crippen molar-refractivity contribution in [1.29, 1.82) is 0 Å². The predicted octanol–water partition coefficient (Wildman–Crippen LogP) is -0.131. The Balaban J connectivity index is 1.52. The molecule has 3 atom stereocenters. The molecule has 28 heavy (non-hydrogen) atoms. The molecule has 2 fully saturated rings. The highest BCUT2D eigenvalue weighted by molar-refractivity contribution is 6.06. The third kappa shape index (κ3) is 2.35. The van der Waals surface area contributed by atoms with E-state index in [1.54, 1.807) is 12.1 Å². The first-order chi connectivity index (χ1) is 13.5. The number of aliphatic hydroxyl groups excluding tert-OH is 1. The van der Waals surface area contributed by atoms with E-state index in [0.29, 0.717) is 42.9 Å². The molecule has 0 aromatic heterocycles. The van der Waals surface area contributed by atoms with Gasteiger partial charge in [0, 0.05) is 25.8 Å². The maximum Gasteiger partial charge on any atom is 0.257 e. The third-order valence-corrected chi connectivity index (χ3v) is 5.97. The van der Waals surface area contributed by atoms with Gasteiger partial charge in [-0.15, -0.1) is 0 Å². The van der Waals surface area contributed by atoms with E-state index in [0.717, 1.165) is 10.6 Å². The molecule has 5 rings (SSSR count). The van der Waals surface area contributed by atoms with Gasteiger partial charge in [-0.25, -0.2) is 0 Å². The number of aliphatic hydroxyl groups is 1. The van der Waals surface area contributed by atoms with Crippen LogP contribution in [0.4, 0.5) is 5.69 Å². The fraction of sp³-hybridized carbons (Fsp3) is 0.474. The summed E-state index contributed by atoms with van der Waals surface area (Å²) in [4.78, 5) is 51.5. The number of nitrogens with zero attached hydrogens (tertiary/aromatic N) is 2. The molecular weight excluding hydrogens is 366 g/mol. The van der Waals surface area contributed by atoms with Gasteiger partial charge in [-0.1, -0.05) is 0 Å². The molecule has 4 heterocycles. The van der Waals surface area contributed by atoms with Crippen molar-refractivity contribution >= 4 is 29.2 Å². The van der Waals surface area contributed by atoms with Crippen LogP contribution in [0, 0.1) is 0 Å². The number of piperidine rings is 2. The third-order valence-electron chi connectivity index (χ3n) is 5.97. The molecular formula is C19H19N3O6. The Morgan fingerprint density at radius 3 is 2.75 bits per heavy atom. The van der Waals surface area contributed by atoms with Gasteiger partial charge in [0.05, 0.1) is 22.9 Å². The van der Waals surface area contributed by atoms with Gasteiger partial charge in [0.1, 0.15) is 18.4 Å². The fourth-order valence-electron chi connectivity index (χ4n) is 4.61. The van der Waals surface area contributed by atoms with Crippen molar-refractivity contribution in [3.05, 3.63) is 23.3 Å². The summed E-state index contributed by atoms with van der Waals surface area (Å²) in [6.07, 6.45) is -0.177. The van der Waals surface area contributed by atoms with Crippen LogP contribution in [-0.4, -0.2) is 58.7 Å². The second-order valence-corrected chi connectivity index (χ2v) is 7.58. The molecule has 0 bridgehead atoms. The van der Waals surface area contributed by atoms with Gasteiger partial charge in [-0.05, 0) is 18.6 Å². The van der Waals surface area contributed by atoms with Crippen molar-refractivity contribution < 1.29 is 29.0 Å². The summed E-state index contributed by atoms with van der Waals surface area (Å²) >= 11 is 0. The lowest BCUT2D eigenvalue weighted by Gasteiger charge is -2.41. The predicted molar refractivity (Wildman–Crippen MR) is 94.6 cm³/mol. The van der Waals surface area contributed by atoms with E-state index in [-0.39, 0.29) is 30.6 Å². The second-order valence-electron chi connectivity index (χ2n) is 7.58. The summed E-state index contributed by atoms with van der Waals surface area (Å²) in [5, 5.41) is 13.2. The first kappa shape index (κ1) is 17.2. The van der Waals surface area contributed by atoms with Crippen molar-refractivity contribution in [1.82, 2.24) is 10.2 Å². The zero-order chi connectivity index (χ0) is 19.6. The first-order valence-corrected chi connectivity index (χ1v) is 9.38. The van der Waals surface area contributed by atoms with Crippen molar-refractivity contribution in [3.63, 3.8) is 0 Å². The van der Waals surface area contributed by atoms with Crippen LogP contribution in [0.15, 0.2) is 12.1 Å². The number of Topliss-reactive ketones (excluding diaryl/α,β-unsaturated/α-hetero) is 1. The average Bonchev–Trinajstić information content (AvgIpc) is 2.92. The van der Waals surface area contributed by atoms with Crippen LogP contribution in [0.1, 0.15) is 47.8 Å². The molecule has 1 aromatic rings. The number of hydrogen-bond acceptors (Lipinski definition) is 7. The lowest BCUT2D eigenvalue weighted by molar-refractivity contribution is -0.139. The highest BCUT2D eigenvalue weighted by Crippen LogP contribution is 2.47. The van der Waals surface area contributed by atoms with Crippen LogP contribution in [0.25, 0.3) is 0 Å². The Bertz CT molecular complexity index is 928. The number of benzene rings is 1. The Labute approximate surface area is 160 Å². The second kappa shape index (κ2) is 6.03. The van der Waals surface area contributed by atoms with Crippen molar-refractivity contribution in [3.8, 4) is 5.75 Å². The van der Waals surface area contributed by atoms with E-state index in [1.807, 2.05) is 0 Å².